The number of rotatable bonds is 9. The lowest BCUT2D eigenvalue weighted by Crippen LogP contribution is -2.58. The van der Waals surface area contributed by atoms with Crippen LogP contribution in [0.5, 0.6) is 5.75 Å². The molecule has 0 bridgehead atoms. The molecule has 0 saturated carbocycles. The van der Waals surface area contributed by atoms with Crippen LogP contribution in [0.15, 0.2) is 30.3 Å². The van der Waals surface area contributed by atoms with Crippen molar-refractivity contribution in [2.24, 2.45) is 5.92 Å². The molecule has 0 radical (unpaired) electrons. The summed E-state index contributed by atoms with van der Waals surface area (Å²) in [6, 6.07) is 8.85. The summed E-state index contributed by atoms with van der Waals surface area (Å²) < 4.78 is 10.8. The summed E-state index contributed by atoms with van der Waals surface area (Å²) in [4.78, 5) is 41.5. The monoisotopic (exact) mass is 417 g/mol. The Morgan fingerprint density at radius 3 is 2.67 bits per heavy atom. The van der Waals surface area contributed by atoms with Crippen LogP contribution in [0, 0.1) is 5.92 Å². The zero-order valence-corrected chi connectivity index (χ0v) is 17.7. The van der Waals surface area contributed by atoms with E-state index in [1.54, 1.807) is 17.0 Å². The second-order valence-corrected chi connectivity index (χ2v) is 7.64. The Morgan fingerprint density at radius 2 is 1.97 bits per heavy atom. The molecular weight excluding hydrogens is 386 g/mol. The Hall–Kier alpha value is -2.61. The highest BCUT2D eigenvalue weighted by Gasteiger charge is 2.49. The van der Waals surface area contributed by atoms with Crippen molar-refractivity contribution in [3.05, 3.63) is 30.3 Å². The van der Waals surface area contributed by atoms with E-state index in [0.717, 1.165) is 0 Å². The largest absolute Gasteiger partial charge is 0.484 e. The van der Waals surface area contributed by atoms with Crippen LogP contribution >= 0.6 is 0 Å². The Balaban J connectivity index is 1.58. The molecule has 0 unspecified atom stereocenters. The number of amides is 3. The van der Waals surface area contributed by atoms with Gasteiger partial charge in [-0.05, 0) is 31.9 Å². The minimum atomic E-state index is -0.263. The zero-order valence-electron chi connectivity index (χ0n) is 17.7. The molecule has 164 valence electrons. The van der Waals surface area contributed by atoms with Gasteiger partial charge in [0.15, 0.2) is 6.61 Å². The lowest BCUT2D eigenvalue weighted by atomic mass is 9.96. The second-order valence-electron chi connectivity index (χ2n) is 7.64. The van der Waals surface area contributed by atoms with Crippen LogP contribution in [0.1, 0.15) is 26.7 Å². The van der Waals surface area contributed by atoms with Crippen LogP contribution in [0.2, 0.25) is 0 Å². The quantitative estimate of drug-likeness (QED) is 0.607. The molecule has 2 heterocycles. The molecule has 2 aliphatic heterocycles. The minimum absolute atomic E-state index is 0.0304. The number of hydrogen-bond donors (Lipinski definition) is 1. The third-order valence-electron chi connectivity index (χ3n) is 5.75. The van der Waals surface area contributed by atoms with Gasteiger partial charge >= 0.3 is 0 Å². The first-order chi connectivity index (χ1) is 14.5. The van der Waals surface area contributed by atoms with Crippen LogP contribution < -0.4 is 10.1 Å². The lowest BCUT2D eigenvalue weighted by molar-refractivity contribution is -0.150. The average molecular weight is 418 g/mol. The molecular formula is C22H31N3O5. The number of nitrogens with one attached hydrogen (secondary N) is 1. The first kappa shape index (κ1) is 22.1. The van der Waals surface area contributed by atoms with Gasteiger partial charge in [-0.3, -0.25) is 14.4 Å². The van der Waals surface area contributed by atoms with Crippen molar-refractivity contribution in [2.45, 2.75) is 38.8 Å². The summed E-state index contributed by atoms with van der Waals surface area (Å²) in [6.45, 7) is 5.80. The number of fused-ring (bicyclic) bond motifs is 1. The van der Waals surface area contributed by atoms with Crippen molar-refractivity contribution < 1.29 is 23.9 Å². The first-order valence-corrected chi connectivity index (χ1v) is 10.7. The van der Waals surface area contributed by atoms with Gasteiger partial charge in [-0.15, -0.1) is 0 Å². The average Bonchev–Trinajstić information content (AvgIpc) is 3.15. The first-order valence-electron chi connectivity index (χ1n) is 10.7. The van der Waals surface area contributed by atoms with Gasteiger partial charge in [0.05, 0.1) is 25.1 Å². The number of para-hydroxylation sites is 1. The fraction of sp³-hybridized carbons (Fsp3) is 0.591. The van der Waals surface area contributed by atoms with Gasteiger partial charge in [0, 0.05) is 25.7 Å². The van der Waals surface area contributed by atoms with Crippen molar-refractivity contribution in [3.8, 4) is 5.75 Å². The van der Waals surface area contributed by atoms with E-state index in [-0.39, 0.29) is 48.9 Å². The lowest BCUT2D eigenvalue weighted by Gasteiger charge is -2.39. The molecule has 0 aromatic heterocycles. The molecule has 1 N–H and O–H groups in total. The zero-order chi connectivity index (χ0) is 21.5. The Labute approximate surface area is 177 Å². The van der Waals surface area contributed by atoms with E-state index in [2.05, 4.69) is 5.32 Å². The van der Waals surface area contributed by atoms with Gasteiger partial charge in [0.1, 0.15) is 5.75 Å². The molecule has 3 amide bonds. The fourth-order valence-electron chi connectivity index (χ4n) is 4.37. The molecule has 8 heteroatoms. The van der Waals surface area contributed by atoms with Crippen LogP contribution in [-0.2, 0) is 19.1 Å². The molecule has 8 nitrogen and oxygen atoms in total. The normalized spacial score (nSPS) is 23.3. The Morgan fingerprint density at radius 1 is 1.20 bits per heavy atom. The number of nitrogens with zero attached hydrogens (tertiary/aromatic N) is 2. The maximum atomic E-state index is 12.8. The number of ether oxygens (including phenoxy) is 2. The Bertz CT molecular complexity index is 742. The van der Waals surface area contributed by atoms with Crippen molar-refractivity contribution in [1.82, 2.24) is 15.1 Å². The van der Waals surface area contributed by atoms with Crippen LogP contribution in [-0.4, -0.2) is 79.1 Å². The highest BCUT2D eigenvalue weighted by atomic mass is 16.5. The van der Waals surface area contributed by atoms with Crippen LogP contribution in [0.25, 0.3) is 0 Å². The highest BCUT2D eigenvalue weighted by molar-refractivity contribution is 5.89. The summed E-state index contributed by atoms with van der Waals surface area (Å²) in [7, 11) is 0. The molecule has 2 aliphatic rings. The van der Waals surface area contributed by atoms with Gasteiger partial charge in [-0.25, -0.2) is 0 Å². The highest BCUT2D eigenvalue weighted by Crippen LogP contribution is 2.35. The summed E-state index contributed by atoms with van der Waals surface area (Å²) in [5, 5.41) is 2.92. The van der Waals surface area contributed by atoms with Gasteiger partial charge < -0.3 is 24.6 Å². The van der Waals surface area contributed by atoms with E-state index in [4.69, 9.17) is 9.47 Å². The van der Waals surface area contributed by atoms with Crippen molar-refractivity contribution in [3.63, 3.8) is 0 Å². The SMILES string of the molecule is CCOCCNC(=O)[C@H]1C[C@H]2CN(C(=O)COc3ccccc3)CC(=O)N2[C@H]1CC. The van der Waals surface area contributed by atoms with E-state index < -0.39 is 0 Å². The van der Waals surface area contributed by atoms with E-state index in [0.29, 0.717) is 44.9 Å². The number of carbonyl (C=O) groups is 3. The molecule has 1 aromatic carbocycles. The summed E-state index contributed by atoms with van der Waals surface area (Å²) in [5.74, 6) is -0.0120. The molecule has 30 heavy (non-hydrogen) atoms. The van der Waals surface area contributed by atoms with Crippen molar-refractivity contribution >= 4 is 17.7 Å². The van der Waals surface area contributed by atoms with E-state index in [1.165, 1.54) is 0 Å². The molecule has 3 rings (SSSR count). The predicted octanol–water partition coefficient (Wildman–Crippen LogP) is 1.06. The minimum Gasteiger partial charge on any atom is -0.484 e. The van der Waals surface area contributed by atoms with Crippen molar-refractivity contribution in [2.75, 3.05) is 39.5 Å². The number of benzene rings is 1. The summed E-state index contributed by atoms with van der Waals surface area (Å²) >= 11 is 0. The van der Waals surface area contributed by atoms with Gasteiger partial charge in [-0.1, -0.05) is 25.1 Å². The molecule has 2 saturated heterocycles. The molecule has 0 aliphatic carbocycles. The second kappa shape index (κ2) is 10.4. The Kier molecular flexibility index (Phi) is 7.68. The summed E-state index contributed by atoms with van der Waals surface area (Å²) in [5.41, 5.74) is 0. The van der Waals surface area contributed by atoms with Gasteiger partial charge in [0.25, 0.3) is 5.91 Å². The van der Waals surface area contributed by atoms with Crippen molar-refractivity contribution in [1.29, 1.82) is 0 Å². The number of carbonyl (C=O) groups excluding carboxylic acids is 3. The van der Waals surface area contributed by atoms with Crippen LogP contribution in [0.4, 0.5) is 0 Å². The predicted molar refractivity (Wildman–Crippen MR) is 111 cm³/mol. The van der Waals surface area contributed by atoms with Gasteiger partial charge in [0.2, 0.25) is 11.8 Å². The van der Waals surface area contributed by atoms with E-state index >= 15 is 0 Å². The molecule has 2 fully saturated rings. The number of hydrogen-bond acceptors (Lipinski definition) is 5. The maximum Gasteiger partial charge on any atom is 0.261 e. The third kappa shape index (κ3) is 5.11. The standard InChI is InChI=1S/C22H31N3O5/c1-3-19-18(22(28)23-10-11-29-4-2)12-16-13-24(14-20(26)25(16)19)21(27)15-30-17-8-6-5-7-9-17/h5-9,16,18-19H,3-4,10-15H2,1-2H3,(H,23,28)/t16-,18-,19-/m0/s1. The number of piperazine rings is 1. The maximum absolute atomic E-state index is 12.8. The van der Waals surface area contributed by atoms with Crippen LogP contribution in [0.3, 0.4) is 0 Å². The summed E-state index contributed by atoms with van der Waals surface area (Å²) in [6.07, 6.45) is 1.27. The van der Waals surface area contributed by atoms with E-state index in [9.17, 15) is 14.4 Å². The third-order valence-corrected chi connectivity index (χ3v) is 5.75. The van der Waals surface area contributed by atoms with E-state index in [1.807, 2.05) is 36.9 Å². The fourth-order valence-corrected chi connectivity index (χ4v) is 4.37. The molecule has 1 aromatic rings. The van der Waals surface area contributed by atoms with Gasteiger partial charge in [-0.2, -0.15) is 0 Å². The topological polar surface area (TPSA) is 88.2 Å². The smallest absolute Gasteiger partial charge is 0.261 e. The molecule has 3 atom stereocenters. The molecule has 0 spiro atoms.